The number of terminal acetylenes is 1. The van der Waals surface area contributed by atoms with Crippen molar-refractivity contribution >= 4 is 27.6 Å². The Balaban J connectivity index is 3.32. The van der Waals surface area contributed by atoms with Gasteiger partial charge in [-0.25, -0.2) is 17.9 Å². The van der Waals surface area contributed by atoms with Crippen molar-refractivity contribution in [1.29, 1.82) is 0 Å². The molecular weight excluding hydrogens is 314 g/mol. The lowest BCUT2D eigenvalue weighted by Gasteiger charge is -2.17. The Bertz CT molecular complexity index is 692. The highest BCUT2D eigenvalue weighted by Crippen LogP contribution is 2.25. The number of sulfonamides is 1. The molecule has 0 heterocycles. The van der Waals surface area contributed by atoms with Crippen molar-refractivity contribution in [3.63, 3.8) is 0 Å². The van der Waals surface area contributed by atoms with Crippen LogP contribution in [0.3, 0.4) is 0 Å². The van der Waals surface area contributed by atoms with E-state index in [4.69, 9.17) is 23.1 Å². The number of hydrogen-bond donors (Lipinski definition) is 2. The first-order chi connectivity index (χ1) is 9.72. The highest BCUT2D eigenvalue weighted by atomic mass is 35.5. The number of carboxylic acids is 1. The van der Waals surface area contributed by atoms with Gasteiger partial charge in [-0.05, 0) is 31.0 Å². The van der Waals surface area contributed by atoms with Crippen LogP contribution in [0.25, 0.3) is 0 Å². The van der Waals surface area contributed by atoms with Crippen LogP contribution in [0.4, 0.5) is 0 Å². The van der Waals surface area contributed by atoms with E-state index in [9.17, 15) is 13.2 Å². The smallest absolute Gasteiger partial charge is 0.336 e. The lowest BCUT2D eigenvalue weighted by Crippen LogP contribution is -2.34. The predicted octanol–water partition coefficient (Wildman–Crippen LogP) is 2.43. The van der Waals surface area contributed by atoms with Crippen molar-refractivity contribution in [2.45, 2.75) is 37.6 Å². The number of carbonyl (C=O) groups is 1. The summed E-state index contributed by atoms with van der Waals surface area (Å²) in [5.74, 6) is 1.17. The SMILES string of the molecule is C#CCC(CC)NS(=O)(=O)c1cc(Cl)cc(C(=O)O)c1C. The van der Waals surface area contributed by atoms with Gasteiger partial charge in [-0.1, -0.05) is 18.5 Å². The molecule has 0 aliphatic carbocycles. The number of hydrogen-bond acceptors (Lipinski definition) is 3. The summed E-state index contributed by atoms with van der Waals surface area (Å²) in [7, 11) is -3.90. The largest absolute Gasteiger partial charge is 0.478 e. The van der Waals surface area contributed by atoms with E-state index in [1.807, 2.05) is 0 Å². The number of aromatic carboxylic acids is 1. The number of rotatable bonds is 6. The van der Waals surface area contributed by atoms with Crippen molar-refractivity contribution < 1.29 is 18.3 Å². The van der Waals surface area contributed by atoms with Gasteiger partial charge >= 0.3 is 5.97 Å². The molecule has 0 spiro atoms. The van der Waals surface area contributed by atoms with Gasteiger partial charge in [-0.2, -0.15) is 0 Å². The lowest BCUT2D eigenvalue weighted by atomic mass is 10.1. The summed E-state index contributed by atoms with van der Waals surface area (Å²) in [4.78, 5) is 11.0. The van der Waals surface area contributed by atoms with Crippen molar-refractivity contribution in [2.75, 3.05) is 0 Å². The first-order valence-corrected chi connectivity index (χ1v) is 8.08. The molecule has 0 saturated carbocycles. The van der Waals surface area contributed by atoms with Gasteiger partial charge in [0.15, 0.2) is 0 Å². The van der Waals surface area contributed by atoms with E-state index in [0.717, 1.165) is 0 Å². The summed E-state index contributed by atoms with van der Waals surface area (Å²) in [5.41, 5.74) is -0.0113. The second-order valence-electron chi connectivity index (χ2n) is 4.52. The maximum atomic E-state index is 12.4. The molecule has 1 rings (SSSR count). The zero-order chi connectivity index (χ0) is 16.2. The summed E-state index contributed by atoms with van der Waals surface area (Å²) < 4.78 is 27.3. The maximum absolute atomic E-state index is 12.4. The van der Waals surface area contributed by atoms with Gasteiger partial charge in [0.05, 0.1) is 10.5 Å². The molecule has 7 heteroatoms. The van der Waals surface area contributed by atoms with Crippen LogP contribution in [-0.4, -0.2) is 25.5 Å². The van der Waals surface area contributed by atoms with E-state index in [2.05, 4.69) is 10.6 Å². The predicted molar refractivity (Wildman–Crippen MR) is 81.0 cm³/mol. The molecule has 0 radical (unpaired) electrons. The molecule has 1 atom stereocenters. The molecule has 114 valence electrons. The molecule has 2 N–H and O–H groups in total. The van der Waals surface area contributed by atoms with Crippen LogP contribution in [-0.2, 0) is 10.0 Å². The van der Waals surface area contributed by atoms with Crippen molar-refractivity contribution in [3.8, 4) is 12.3 Å². The van der Waals surface area contributed by atoms with Crippen LogP contribution in [0.5, 0.6) is 0 Å². The minimum absolute atomic E-state index is 0.0448. The average molecular weight is 330 g/mol. The molecule has 0 aromatic heterocycles. The van der Waals surface area contributed by atoms with Crippen LogP contribution in [0.15, 0.2) is 17.0 Å². The average Bonchev–Trinajstić information content (AvgIpc) is 2.39. The van der Waals surface area contributed by atoms with E-state index in [-0.39, 0.29) is 27.5 Å². The maximum Gasteiger partial charge on any atom is 0.336 e. The topological polar surface area (TPSA) is 83.5 Å². The molecule has 0 aliphatic heterocycles. The summed E-state index contributed by atoms with van der Waals surface area (Å²) in [5, 5.41) is 9.14. The molecule has 0 fully saturated rings. The second-order valence-corrected chi connectivity index (χ2v) is 6.64. The Morgan fingerprint density at radius 3 is 2.62 bits per heavy atom. The molecule has 0 bridgehead atoms. The molecule has 1 unspecified atom stereocenters. The third-order valence-electron chi connectivity index (χ3n) is 3.02. The monoisotopic (exact) mass is 329 g/mol. The van der Waals surface area contributed by atoms with Crippen molar-refractivity contribution in [1.82, 2.24) is 4.72 Å². The van der Waals surface area contributed by atoms with Gasteiger partial charge in [0.1, 0.15) is 0 Å². The van der Waals surface area contributed by atoms with Crippen LogP contribution < -0.4 is 4.72 Å². The third-order valence-corrected chi connectivity index (χ3v) is 4.89. The fraction of sp³-hybridized carbons (Fsp3) is 0.357. The highest BCUT2D eigenvalue weighted by Gasteiger charge is 2.24. The zero-order valence-electron chi connectivity index (χ0n) is 11.7. The molecule has 21 heavy (non-hydrogen) atoms. The molecule has 5 nitrogen and oxygen atoms in total. The fourth-order valence-corrected chi connectivity index (χ4v) is 3.74. The van der Waals surface area contributed by atoms with E-state index in [1.165, 1.54) is 19.1 Å². The Morgan fingerprint density at radius 1 is 1.52 bits per heavy atom. The van der Waals surface area contributed by atoms with Gasteiger partial charge in [0.25, 0.3) is 0 Å². The minimum Gasteiger partial charge on any atom is -0.478 e. The van der Waals surface area contributed by atoms with Crippen LogP contribution in [0.2, 0.25) is 5.02 Å². The van der Waals surface area contributed by atoms with Crippen molar-refractivity contribution in [3.05, 3.63) is 28.3 Å². The summed E-state index contributed by atoms with van der Waals surface area (Å²) in [6.45, 7) is 3.23. The highest BCUT2D eigenvalue weighted by molar-refractivity contribution is 7.89. The Labute approximate surface area is 129 Å². The Hall–Kier alpha value is -1.55. The first-order valence-electron chi connectivity index (χ1n) is 6.22. The molecule has 1 aromatic carbocycles. The normalized spacial score (nSPS) is 12.7. The van der Waals surface area contributed by atoms with Crippen LogP contribution in [0, 0.1) is 19.3 Å². The van der Waals surface area contributed by atoms with E-state index >= 15 is 0 Å². The molecule has 0 amide bonds. The number of benzene rings is 1. The van der Waals surface area contributed by atoms with Gasteiger partial charge in [0, 0.05) is 17.5 Å². The quantitative estimate of drug-likeness (QED) is 0.785. The van der Waals surface area contributed by atoms with Gasteiger partial charge < -0.3 is 5.11 Å². The molecule has 0 aliphatic rings. The van der Waals surface area contributed by atoms with Crippen LogP contribution in [0.1, 0.15) is 35.7 Å². The Morgan fingerprint density at radius 2 is 2.14 bits per heavy atom. The van der Waals surface area contributed by atoms with E-state index in [1.54, 1.807) is 6.92 Å². The molecule has 1 aromatic rings. The lowest BCUT2D eigenvalue weighted by molar-refractivity contribution is 0.0696. The van der Waals surface area contributed by atoms with E-state index < -0.39 is 22.0 Å². The van der Waals surface area contributed by atoms with Gasteiger partial charge in [0.2, 0.25) is 10.0 Å². The Kier molecular flexibility index (Phi) is 5.78. The number of halogens is 1. The summed E-state index contributed by atoms with van der Waals surface area (Å²) in [6, 6.07) is 2.04. The number of nitrogens with one attached hydrogen (secondary N) is 1. The first kappa shape index (κ1) is 17.5. The van der Waals surface area contributed by atoms with Gasteiger partial charge in [-0.15, -0.1) is 12.3 Å². The summed E-state index contributed by atoms with van der Waals surface area (Å²) >= 11 is 5.82. The molecule has 0 saturated heterocycles. The minimum atomic E-state index is -3.90. The molecular formula is C14H16ClNO4S. The van der Waals surface area contributed by atoms with Crippen molar-refractivity contribution in [2.24, 2.45) is 0 Å². The zero-order valence-corrected chi connectivity index (χ0v) is 13.3. The second kappa shape index (κ2) is 6.94. The number of carboxylic acid groups (broad SMARTS) is 1. The van der Waals surface area contributed by atoms with Crippen LogP contribution >= 0.6 is 11.6 Å². The van der Waals surface area contributed by atoms with E-state index in [0.29, 0.717) is 6.42 Å². The third kappa shape index (κ3) is 4.21. The standard InChI is InChI=1S/C14H16ClNO4S/c1-4-6-11(5-2)16-21(19,20)13-8-10(15)7-12(9(13)3)14(17)18/h1,7-8,11,16H,5-6H2,2-3H3,(H,17,18). The fourth-order valence-electron chi connectivity index (χ4n) is 1.85. The van der Waals surface area contributed by atoms with Gasteiger partial charge in [-0.3, -0.25) is 0 Å². The summed E-state index contributed by atoms with van der Waals surface area (Å²) in [6.07, 6.45) is 5.97.